The minimum atomic E-state index is -0.436. The largest absolute Gasteiger partial charge is 0.345 e. The summed E-state index contributed by atoms with van der Waals surface area (Å²) >= 11 is 7.74. The van der Waals surface area contributed by atoms with E-state index in [4.69, 9.17) is 11.6 Å². The number of carbonyl (C=O) groups excluding carboxylic acids is 2. The van der Waals surface area contributed by atoms with Gasteiger partial charge in [0, 0.05) is 17.2 Å². The van der Waals surface area contributed by atoms with Gasteiger partial charge in [-0.2, -0.15) is 0 Å². The monoisotopic (exact) mass is 380 g/mol. The van der Waals surface area contributed by atoms with Gasteiger partial charge in [-0.15, -0.1) is 11.8 Å². The number of nitrogens with zero attached hydrogens (tertiary/aromatic N) is 1. The molecule has 6 heteroatoms. The fraction of sp³-hybridized carbons (Fsp3) is 0.579. The highest BCUT2D eigenvalue weighted by Crippen LogP contribution is 2.47. The standard InChI is InChI=1S/C19H25ClN2O2S/c1-4-19(5-2,13-6-8-14(20)9-7-13)21-17(24)15-12-25-18(3)11-10-16(23)22(15)18/h6-9,15H,4-5,10-12H2,1-3H3,(H,21,24). The maximum atomic E-state index is 13.1. The first-order chi connectivity index (χ1) is 11.8. The summed E-state index contributed by atoms with van der Waals surface area (Å²) < 4.78 is 0. The van der Waals surface area contributed by atoms with Gasteiger partial charge in [0.05, 0.1) is 10.4 Å². The minimum Gasteiger partial charge on any atom is -0.345 e. The van der Waals surface area contributed by atoms with Crippen molar-refractivity contribution in [3.8, 4) is 0 Å². The number of benzene rings is 1. The summed E-state index contributed by atoms with van der Waals surface area (Å²) in [7, 11) is 0. The topological polar surface area (TPSA) is 49.4 Å². The highest BCUT2D eigenvalue weighted by Gasteiger charge is 2.53. The molecule has 0 saturated carbocycles. The number of nitrogens with one attached hydrogen (secondary N) is 1. The Morgan fingerprint density at radius 3 is 2.60 bits per heavy atom. The van der Waals surface area contributed by atoms with Crippen LogP contribution in [0.3, 0.4) is 0 Å². The molecule has 4 nitrogen and oxygen atoms in total. The number of thioether (sulfide) groups is 1. The molecule has 3 rings (SSSR count). The minimum absolute atomic E-state index is 0.0508. The molecule has 2 aliphatic rings. The summed E-state index contributed by atoms with van der Waals surface area (Å²) in [5.74, 6) is 0.709. The molecule has 2 aliphatic heterocycles. The third-order valence-corrected chi connectivity index (χ3v) is 7.47. The molecule has 25 heavy (non-hydrogen) atoms. The van der Waals surface area contributed by atoms with Gasteiger partial charge >= 0.3 is 0 Å². The van der Waals surface area contributed by atoms with Crippen molar-refractivity contribution in [2.75, 3.05) is 5.75 Å². The van der Waals surface area contributed by atoms with Crippen molar-refractivity contribution in [2.45, 2.75) is 62.9 Å². The maximum absolute atomic E-state index is 13.1. The van der Waals surface area contributed by atoms with Gasteiger partial charge in [0.25, 0.3) is 0 Å². The number of halogens is 1. The molecule has 0 bridgehead atoms. The molecule has 2 fully saturated rings. The molecule has 0 aromatic heterocycles. The van der Waals surface area contributed by atoms with E-state index in [1.54, 1.807) is 11.8 Å². The van der Waals surface area contributed by atoms with Crippen LogP contribution in [0.1, 0.15) is 52.0 Å². The van der Waals surface area contributed by atoms with Gasteiger partial charge in [0.1, 0.15) is 6.04 Å². The van der Waals surface area contributed by atoms with Crippen molar-refractivity contribution in [2.24, 2.45) is 0 Å². The van der Waals surface area contributed by atoms with E-state index < -0.39 is 5.54 Å². The van der Waals surface area contributed by atoms with Crippen LogP contribution >= 0.6 is 23.4 Å². The Bertz CT molecular complexity index is 675. The second-order valence-electron chi connectivity index (χ2n) is 7.05. The lowest BCUT2D eigenvalue weighted by Crippen LogP contribution is -2.55. The number of fused-ring (bicyclic) bond motifs is 1. The first-order valence-corrected chi connectivity index (χ1v) is 10.3. The zero-order valence-electron chi connectivity index (χ0n) is 15.0. The molecule has 0 aliphatic carbocycles. The highest BCUT2D eigenvalue weighted by atomic mass is 35.5. The van der Waals surface area contributed by atoms with Crippen LogP contribution in [0, 0.1) is 0 Å². The molecular formula is C19H25ClN2O2S. The maximum Gasteiger partial charge on any atom is 0.244 e. The Balaban J connectivity index is 1.84. The molecule has 2 atom stereocenters. The first-order valence-electron chi connectivity index (χ1n) is 8.89. The summed E-state index contributed by atoms with van der Waals surface area (Å²) in [6.07, 6.45) is 2.92. The molecule has 136 valence electrons. The van der Waals surface area contributed by atoms with Crippen LogP contribution in [0.25, 0.3) is 0 Å². The fourth-order valence-corrected chi connectivity index (χ4v) is 5.57. The van der Waals surface area contributed by atoms with Gasteiger partial charge in [0.15, 0.2) is 0 Å². The Labute approximate surface area is 158 Å². The summed E-state index contributed by atoms with van der Waals surface area (Å²) in [5.41, 5.74) is 0.616. The number of amides is 2. The zero-order valence-corrected chi connectivity index (χ0v) is 16.5. The van der Waals surface area contributed by atoms with E-state index in [2.05, 4.69) is 26.1 Å². The molecule has 1 N–H and O–H groups in total. The van der Waals surface area contributed by atoms with Crippen molar-refractivity contribution >= 4 is 35.2 Å². The van der Waals surface area contributed by atoms with Gasteiger partial charge < -0.3 is 10.2 Å². The third kappa shape index (κ3) is 3.17. The summed E-state index contributed by atoms with van der Waals surface area (Å²) in [6, 6.07) is 7.29. The number of hydrogen-bond donors (Lipinski definition) is 1. The van der Waals surface area contributed by atoms with E-state index in [0.717, 1.165) is 24.8 Å². The van der Waals surface area contributed by atoms with Crippen LogP contribution < -0.4 is 5.32 Å². The van der Waals surface area contributed by atoms with Crippen LogP contribution in [0.5, 0.6) is 0 Å². The molecule has 1 aromatic carbocycles. The van der Waals surface area contributed by atoms with Crippen molar-refractivity contribution in [1.82, 2.24) is 10.2 Å². The second-order valence-corrected chi connectivity index (χ2v) is 8.99. The van der Waals surface area contributed by atoms with E-state index in [-0.39, 0.29) is 22.7 Å². The van der Waals surface area contributed by atoms with Crippen LogP contribution in [-0.4, -0.2) is 33.4 Å². The smallest absolute Gasteiger partial charge is 0.244 e. The Kier molecular flexibility index (Phi) is 5.09. The van der Waals surface area contributed by atoms with E-state index in [1.165, 1.54) is 0 Å². The molecule has 0 radical (unpaired) electrons. The quantitative estimate of drug-likeness (QED) is 0.842. The summed E-state index contributed by atoms with van der Waals surface area (Å²) in [6.45, 7) is 6.22. The van der Waals surface area contributed by atoms with E-state index in [1.807, 2.05) is 29.2 Å². The van der Waals surface area contributed by atoms with Gasteiger partial charge in [0.2, 0.25) is 11.8 Å². The van der Waals surface area contributed by atoms with Gasteiger partial charge in [-0.3, -0.25) is 9.59 Å². The molecule has 2 unspecified atom stereocenters. The lowest BCUT2D eigenvalue weighted by atomic mass is 9.84. The van der Waals surface area contributed by atoms with Crippen LogP contribution in [-0.2, 0) is 15.1 Å². The van der Waals surface area contributed by atoms with Crippen molar-refractivity contribution in [3.05, 3.63) is 34.9 Å². The van der Waals surface area contributed by atoms with Crippen LogP contribution in [0.15, 0.2) is 24.3 Å². The predicted octanol–water partition coefficient (Wildman–Crippen LogP) is 3.93. The normalized spacial score (nSPS) is 26.0. The molecule has 2 amide bonds. The van der Waals surface area contributed by atoms with Crippen molar-refractivity contribution in [3.63, 3.8) is 0 Å². The van der Waals surface area contributed by atoms with Crippen LogP contribution in [0.4, 0.5) is 0 Å². The van der Waals surface area contributed by atoms with Gasteiger partial charge in [-0.05, 0) is 43.9 Å². The number of rotatable bonds is 5. The molecule has 0 spiro atoms. The molecule has 2 heterocycles. The second kappa shape index (κ2) is 6.84. The van der Waals surface area contributed by atoms with E-state index >= 15 is 0 Å². The third-order valence-electron chi connectivity index (χ3n) is 5.71. The van der Waals surface area contributed by atoms with Crippen molar-refractivity contribution < 1.29 is 9.59 Å². The molecule has 2 saturated heterocycles. The average Bonchev–Trinajstić information content (AvgIpc) is 3.10. The predicted molar refractivity (Wildman–Crippen MR) is 103 cm³/mol. The van der Waals surface area contributed by atoms with E-state index in [9.17, 15) is 9.59 Å². The average molecular weight is 381 g/mol. The fourth-order valence-electron chi connectivity index (χ4n) is 4.01. The Hall–Kier alpha value is -1.20. The first kappa shape index (κ1) is 18.6. The lowest BCUT2D eigenvalue weighted by Gasteiger charge is -2.36. The Morgan fingerprint density at radius 2 is 2.00 bits per heavy atom. The SMILES string of the molecule is CCC(CC)(NC(=O)C1CSC2(C)CCC(=O)N12)c1ccc(Cl)cc1. The van der Waals surface area contributed by atoms with Crippen LogP contribution in [0.2, 0.25) is 5.02 Å². The lowest BCUT2D eigenvalue weighted by molar-refractivity contribution is -0.139. The molecular weight excluding hydrogens is 356 g/mol. The van der Waals surface area contributed by atoms with Crippen molar-refractivity contribution in [1.29, 1.82) is 0 Å². The number of carbonyl (C=O) groups is 2. The number of hydrogen-bond acceptors (Lipinski definition) is 3. The summed E-state index contributed by atoms with van der Waals surface area (Å²) in [5, 5.41) is 3.95. The highest BCUT2D eigenvalue weighted by molar-refractivity contribution is 8.01. The van der Waals surface area contributed by atoms with Gasteiger partial charge in [-0.1, -0.05) is 37.6 Å². The Morgan fingerprint density at radius 1 is 1.36 bits per heavy atom. The molecule has 1 aromatic rings. The van der Waals surface area contributed by atoms with Gasteiger partial charge in [-0.25, -0.2) is 0 Å². The van der Waals surface area contributed by atoms with E-state index in [0.29, 0.717) is 17.2 Å². The summed E-state index contributed by atoms with van der Waals surface area (Å²) in [4.78, 5) is 27.0. The zero-order chi connectivity index (χ0) is 18.2.